The molecule has 102 valence electrons. The molecule has 0 saturated heterocycles. The number of hydrogen-bond acceptors (Lipinski definition) is 2. The summed E-state index contributed by atoms with van der Waals surface area (Å²) < 4.78 is 39.6. The molecule has 5 heteroatoms. The van der Waals surface area contributed by atoms with E-state index in [1.54, 1.807) is 19.1 Å². The topological polar surface area (TPSA) is 39.1 Å². The van der Waals surface area contributed by atoms with Gasteiger partial charge in [0.15, 0.2) is 0 Å². The van der Waals surface area contributed by atoms with E-state index >= 15 is 0 Å². The van der Waals surface area contributed by atoms with Gasteiger partial charge in [0.05, 0.1) is 10.4 Å². The number of para-hydroxylation sites is 1. The van der Waals surface area contributed by atoms with Crippen LogP contribution >= 0.6 is 0 Å². The van der Waals surface area contributed by atoms with Crippen LogP contribution < -0.4 is 0 Å². The van der Waals surface area contributed by atoms with Crippen LogP contribution in [0.3, 0.4) is 0 Å². The van der Waals surface area contributed by atoms with Crippen molar-refractivity contribution in [3.63, 3.8) is 0 Å². The van der Waals surface area contributed by atoms with Gasteiger partial charge < -0.3 is 0 Å². The Hall–Kier alpha value is -2.14. The molecule has 1 heterocycles. The van der Waals surface area contributed by atoms with Gasteiger partial charge in [-0.3, -0.25) is 0 Å². The average Bonchev–Trinajstić information content (AvgIpc) is 2.75. The summed E-state index contributed by atoms with van der Waals surface area (Å²) in [4.78, 5) is 0.0725. The van der Waals surface area contributed by atoms with Gasteiger partial charge in [-0.15, -0.1) is 0 Å². The lowest BCUT2D eigenvalue weighted by molar-refractivity contribution is 0.587. The molecule has 0 atom stereocenters. The first-order chi connectivity index (χ1) is 9.50. The molecule has 0 saturated carbocycles. The molecule has 0 amide bonds. The molecule has 20 heavy (non-hydrogen) atoms. The highest BCUT2D eigenvalue weighted by atomic mass is 32.2. The Kier molecular flexibility index (Phi) is 2.87. The number of benzene rings is 2. The molecule has 0 aliphatic carbocycles. The summed E-state index contributed by atoms with van der Waals surface area (Å²) >= 11 is 0. The van der Waals surface area contributed by atoms with Crippen LogP contribution in [0.4, 0.5) is 4.39 Å². The van der Waals surface area contributed by atoms with Crippen molar-refractivity contribution in [3.8, 4) is 0 Å². The Morgan fingerprint density at radius 3 is 2.35 bits per heavy atom. The van der Waals surface area contributed by atoms with Gasteiger partial charge in [0.25, 0.3) is 10.0 Å². The Morgan fingerprint density at radius 2 is 1.65 bits per heavy atom. The Morgan fingerprint density at radius 1 is 1.00 bits per heavy atom. The number of hydrogen-bond donors (Lipinski definition) is 0. The van der Waals surface area contributed by atoms with Crippen molar-refractivity contribution in [3.05, 3.63) is 66.1 Å². The highest BCUT2D eigenvalue weighted by Gasteiger charge is 2.21. The highest BCUT2D eigenvalue weighted by Crippen LogP contribution is 2.25. The highest BCUT2D eigenvalue weighted by molar-refractivity contribution is 7.90. The molecule has 0 unspecified atom stereocenters. The fourth-order valence-electron chi connectivity index (χ4n) is 2.30. The summed E-state index contributed by atoms with van der Waals surface area (Å²) in [5, 5.41) is 0.857. The predicted molar refractivity (Wildman–Crippen MR) is 75.7 cm³/mol. The van der Waals surface area contributed by atoms with Crippen LogP contribution in [0.25, 0.3) is 10.9 Å². The van der Waals surface area contributed by atoms with E-state index in [0.717, 1.165) is 17.5 Å². The van der Waals surface area contributed by atoms with Crippen molar-refractivity contribution in [1.29, 1.82) is 0 Å². The van der Waals surface area contributed by atoms with E-state index in [9.17, 15) is 12.8 Å². The van der Waals surface area contributed by atoms with Crippen molar-refractivity contribution < 1.29 is 12.8 Å². The van der Waals surface area contributed by atoms with Crippen molar-refractivity contribution >= 4 is 20.9 Å². The third-order valence-electron chi connectivity index (χ3n) is 3.19. The molecular weight excluding hydrogens is 277 g/mol. The first kappa shape index (κ1) is 12.9. The predicted octanol–water partition coefficient (Wildman–Crippen LogP) is 3.33. The fraction of sp³-hybridized carbons (Fsp3) is 0.0667. The first-order valence-corrected chi connectivity index (χ1v) is 7.52. The van der Waals surface area contributed by atoms with Crippen LogP contribution in [0.15, 0.2) is 59.5 Å². The molecule has 2 aromatic carbocycles. The third kappa shape index (κ3) is 1.91. The smallest absolute Gasteiger partial charge is 0.238 e. The van der Waals surface area contributed by atoms with E-state index in [1.165, 1.54) is 16.1 Å². The number of rotatable bonds is 2. The van der Waals surface area contributed by atoms with Gasteiger partial charge in [0.2, 0.25) is 0 Å². The summed E-state index contributed by atoms with van der Waals surface area (Å²) in [6, 6.07) is 13.9. The molecule has 3 aromatic rings. The summed E-state index contributed by atoms with van der Waals surface area (Å²) in [6.07, 6.45) is 0. The molecule has 3 nitrogen and oxygen atoms in total. The maximum absolute atomic E-state index is 12.9. The second-order valence-electron chi connectivity index (χ2n) is 4.57. The Bertz CT molecular complexity index is 880. The molecule has 0 fully saturated rings. The largest absolute Gasteiger partial charge is 0.268 e. The van der Waals surface area contributed by atoms with E-state index in [1.807, 2.05) is 18.2 Å². The molecule has 0 N–H and O–H groups in total. The summed E-state index contributed by atoms with van der Waals surface area (Å²) in [6.45, 7) is 1.74. The minimum atomic E-state index is -3.72. The second kappa shape index (κ2) is 4.45. The van der Waals surface area contributed by atoms with E-state index in [2.05, 4.69) is 0 Å². The molecule has 0 bridgehead atoms. The number of fused-ring (bicyclic) bond motifs is 1. The SMILES string of the molecule is Cc1cc2ccccc2n1S(=O)(=O)c1ccc(F)cc1. The van der Waals surface area contributed by atoms with Gasteiger partial charge in [-0.2, -0.15) is 0 Å². The van der Waals surface area contributed by atoms with Crippen LogP contribution in [-0.2, 0) is 10.0 Å². The van der Waals surface area contributed by atoms with Crippen LogP contribution in [0.5, 0.6) is 0 Å². The van der Waals surface area contributed by atoms with Gasteiger partial charge in [-0.05, 0) is 43.3 Å². The lowest BCUT2D eigenvalue weighted by Gasteiger charge is -2.09. The van der Waals surface area contributed by atoms with Crippen LogP contribution in [0.1, 0.15) is 5.69 Å². The quantitative estimate of drug-likeness (QED) is 0.726. The van der Waals surface area contributed by atoms with E-state index < -0.39 is 15.8 Å². The summed E-state index contributed by atoms with van der Waals surface area (Å²) in [5.74, 6) is -0.460. The summed E-state index contributed by atoms with van der Waals surface area (Å²) in [5.41, 5.74) is 1.24. The van der Waals surface area contributed by atoms with Crippen molar-refractivity contribution in [2.45, 2.75) is 11.8 Å². The number of aryl methyl sites for hydroxylation is 1. The maximum atomic E-state index is 12.9. The van der Waals surface area contributed by atoms with Gasteiger partial charge in [-0.1, -0.05) is 18.2 Å². The standard InChI is InChI=1S/C15H12FNO2S/c1-11-10-12-4-2-3-5-15(12)17(11)20(18,19)14-8-6-13(16)7-9-14/h2-10H,1H3. The minimum absolute atomic E-state index is 0.0725. The average molecular weight is 289 g/mol. The molecule has 0 spiro atoms. The zero-order valence-corrected chi connectivity index (χ0v) is 11.6. The van der Waals surface area contributed by atoms with E-state index in [0.29, 0.717) is 11.2 Å². The fourth-order valence-corrected chi connectivity index (χ4v) is 3.85. The number of nitrogens with zero attached hydrogens (tertiary/aromatic N) is 1. The number of halogens is 1. The van der Waals surface area contributed by atoms with Gasteiger partial charge in [0, 0.05) is 11.1 Å². The minimum Gasteiger partial charge on any atom is -0.238 e. The number of aromatic nitrogens is 1. The molecule has 3 rings (SSSR count). The first-order valence-electron chi connectivity index (χ1n) is 6.08. The van der Waals surface area contributed by atoms with Gasteiger partial charge in [-0.25, -0.2) is 16.8 Å². The lowest BCUT2D eigenvalue weighted by Crippen LogP contribution is -2.14. The zero-order chi connectivity index (χ0) is 14.3. The molecule has 0 aliphatic heterocycles. The second-order valence-corrected chi connectivity index (χ2v) is 6.35. The van der Waals surface area contributed by atoms with Gasteiger partial charge >= 0.3 is 0 Å². The van der Waals surface area contributed by atoms with Gasteiger partial charge in [0.1, 0.15) is 5.82 Å². The van der Waals surface area contributed by atoms with Crippen LogP contribution in [0.2, 0.25) is 0 Å². The van der Waals surface area contributed by atoms with Crippen molar-refractivity contribution in [1.82, 2.24) is 3.97 Å². The van der Waals surface area contributed by atoms with Crippen LogP contribution in [0, 0.1) is 12.7 Å². The van der Waals surface area contributed by atoms with Crippen molar-refractivity contribution in [2.75, 3.05) is 0 Å². The lowest BCUT2D eigenvalue weighted by atomic mass is 10.2. The van der Waals surface area contributed by atoms with Crippen LogP contribution in [-0.4, -0.2) is 12.4 Å². The van der Waals surface area contributed by atoms with Crippen molar-refractivity contribution in [2.24, 2.45) is 0 Å². The zero-order valence-electron chi connectivity index (χ0n) is 10.7. The summed E-state index contributed by atoms with van der Waals surface area (Å²) in [7, 11) is -3.72. The molecule has 0 radical (unpaired) electrons. The molecule has 0 aliphatic rings. The maximum Gasteiger partial charge on any atom is 0.268 e. The normalized spacial score (nSPS) is 11.9. The molecule has 1 aromatic heterocycles. The Balaban J connectivity index is 2.29. The monoisotopic (exact) mass is 289 g/mol. The van der Waals surface area contributed by atoms with E-state index in [-0.39, 0.29) is 4.90 Å². The third-order valence-corrected chi connectivity index (χ3v) is 5.03. The Labute approximate surface area is 116 Å². The molecular formula is C15H12FNO2S. The van der Waals surface area contributed by atoms with E-state index in [4.69, 9.17) is 0 Å².